The van der Waals surface area contributed by atoms with Crippen LogP contribution in [0.3, 0.4) is 0 Å². The van der Waals surface area contributed by atoms with Crippen LogP contribution in [0.25, 0.3) is 0 Å². The molecule has 0 fully saturated rings. The number of aromatic amines is 1. The van der Waals surface area contributed by atoms with Gasteiger partial charge >= 0.3 is 11.9 Å². The van der Waals surface area contributed by atoms with Gasteiger partial charge in [0.15, 0.2) is 11.5 Å². The number of ether oxygens (including phenoxy) is 2. The third-order valence-electron chi connectivity index (χ3n) is 3.76. The van der Waals surface area contributed by atoms with E-state index in [2.05, 4.69) is 15.5 Å². The summed E-state index contributed by atoms with van der Waals surface area (Å²) in [7, 11) is 0. The van der Waals surface area contributed by atoms with E-state index >= 15 is 0 Å². The molecule has 0 saturated heterocycles. The molecule has 8 nitrogen and oxygen atoms in total. The zero-order valence-electron chi connectivity index (χ0n) is 16.1. The summed E-state index contributed by atoms with van der Waals surface area (Å²) in [6.07, 6.45) is 2.53. The lowest BCUT2D eigenvalue weighted by molar-refractivity contribution is -0.137. The van der Waals surface area contributed by atoms with Crippen LogP contribution in [-0.2, 0) is 16.0 Å². The maximum Gasteiger partial charge on any atom is 0.311 e. The Morgan fingerprint density at radius 1 is 1.00 bits per heavy atom. The Balaban J connectivity index is 2.06. The minimum absolute atomic E-state index is 0.238. The van der Waals surface area contributed by atoms with Gasteiger partial charge in [-0.1, -0.05) is 19.9 Å². The Morgan fingerprint density at radius 2 is 1.68 bits per heavy atom. The number of rotatable bonds is 10. The van der Waals surface area contributed by atoms with Crippen molar-refractivity contribution in [3.05, 3.63) is 46.2 Å². The number of hydrogen-bond donors (Lipinski definition) is 2. The second-order valence-corrected chi connectivity index (χ2v) is 6.21. The van der Waals surface area contributed by atoms with Crippen LogP contribution < -0.4 is 20.3 Å². The Bertz CT molecular complexity index is 843. The van der Waals surface area contributed by atoms with E-state index in [1.165, 1.54) is 6.07 Å². The second kappa shape index (κ2) is 10.9. The molecule has 8 heteroatoms. The number of esters is 2. The average molecular weight is 387 g/mol. The van der Waals surface area contributed by atoms with Crippen molar-refractivity contribution in [1.82, 2.24) is 10.2 Å². The van der Waals surface area contributed by atoms with Crippen LogP contribution in [0.5, 0.6) is 11.5 Å². The van der Waals surface area contributed by atoms with Crippen molar-refractivity contribution in [2.45, 2.75) is 46.0 Å². The van der Waals surface area contributed by atoms with E-state index in [0.29, 0.717) is 38.0 Å². The molecule has 0 spiro atoms. The molecule has 0 aliphatic heterocycles. The molecule has 0 aliphatic rings. The lowest BCUT2D eigenvalue weighted by atomic mass is 10.1. The molecule has 2 rings (SSSR count). The van der Waals surface area contributed by atoms with Gasteiger partial charge in [-0.25, -0.2) is 5.10 Å². The molecule has 1 aromatic heterocycles. The largest absolute Gasteiger partial charge is 0.423 e. The molecule has 0 bridgehead atoms. The van der Waals surface area contributed by atoms with Gasteiger partial charge in [0.2, 0.25) is 0 Å². The van der Waals surface area contributed by atoms with E-state index in [0.717, 1.165) is 5.56 Å². The van der Waals surface area contributed by atoms with Crippen LogP contribution >= 0.6 is 0 Å². The molecule has 150 valence electrons. The summed E-state index contributed by atoms with van der Waals surface area (Å²) in [5.74, 6) is 0.292. The van der Waals surface area contributed by atoms with Crippen LogP contribution in [0.15, 0.2) is 35.1 Å². The quantitative estimate of drug-likeness (QED) is 0.476. The first kappa shape index (κ1) is 21.1. The highest BCUT2D eigenvalue weighted by atomic mass is 16.6. The minimum atomic E-state index is -0.372. The zero-order chi connectivity index (χ0) is 20.4. The molecule has 0 aliphatic carbocycles. The maximum atomic E-state index is 11.9. The average Bonchev–Trinajstić information content (AvgIpc) is 2.66. The van der Waals surface area contributed by atoms with Gasteiger partial charge in [-0.05, 0) is 43.0 Å². The first-order chi connectivity index (χ1) is 13.5. The van der Waals surface area contributed by atoms with E-state index in [1.54, 1.807) is 18.2 Å². The molecule has 0 atom stereocenters. The Labute approximate surface area is 163 Å². The van der Waals surface area contributed by atoms with Gasteiger partial charge in [0.25, 0.3) is 5.56 Å². The molecule has 28 heavy (non-hydrogen) atoms. The Morgan fingerprint density at radius 3 is 2.29 bits per heavy atom. The summed E-state index contributed by atoms with van der Waals surface area (Å²) in [4.78, 5) is 34.7. The molecular formula is C20H25N3O5. The van der Waals surface area contributed by atoms with Crippen molar-refractivity contribution >= 4 is 17.8 Å². The summed E-state index contributed by atoms with van der Waals surface area (Å²) < 4.78 is 10.7. The molecule has 0 radical (unpaired) electrons. The van der Waals surface area contributed by atoms with Gasteiger partial charge < -0.3 is 14.8 Å². The van der Waals surface area contributed by atoms with Crippen LogP contribution in [0, 0.1) is 0 Å². The Hall–Kier alpha value is -3.16. The Kier molecular flexibility index (Phi) is 8.20. The van der Waals surface area contributed by atoms with Crippen LogP contribution in [0.4, 0.5) is 5.82 Å². The van der Waals surface area contributed by atoms with E-state index in [9.17, 15) is 14.4 Å². The fourth-order valence-electron chi connectivity index (χ4n) is 2.41. The van der Waals surface area contributed by atoms with Crippen LogP contribution in [0.2, 0.25) is 0 Å². The SMILES string of the molecule is CCCC(=O)Oc1ccc(CCNc2ccc(=O)[nH]n2)cc1OC(=O)CCC. The summed E-state index contributed by atoms with van der Waals surface area (Å²) >= 11 is 0. The zero-order valence-corrected chi connectivity index (χ0v) is 16.1. The van der Waals surface area contributed by atoms with Crippen molar-refractivity contribution in [1.29, 1.82) is 0 Å². The van der Waals surface area contributed by atoms with Gasteiger partial charge in [-0.3, -0.25) is 14.4 Å². The predicted molar refractivity (Wildman–Crippen MR) is 105 cm³/mol. The second-order valence-electron chi connectivity index (χ2n) is 6.21. The number of carbonyl (C=O) groups excluding carboxylic acids is 2. The summed E-state index contributed by atoms with van der Waals surface area (Å²) in [5.41, 5.74) is 0.629. The van der Waals surface area contributed by atoms with E-state index in [1.807, 2.05) is 19.9 Å². The molecule has 0 amide bonds. The highest BCUT2D eigenvalue weighted by Crippen LogP contribution is 2.29. The molecule has 0 unspecified atom stereocenters. The fraction of sp³-hybridized carbons (Fsp3) is 0.400. The number of benzene rings is 1. The number of carbonyl (C=O) groups is 2. The van der Waals surface area contributed by atoms with Gasteiger partial charge in [0.05, 0.1) is 0 Å². The number of anilines is 1. The van der Waals surface area contributed by atoms with E-state index in [-0.39, 0.29) is 35.4 Å². The monoisotopic (exact) mass is 387 g/mol. The van der Waals surface area contributed by atoms with Gasteiger partial charge in [0.1, 0.15) is 5.82 Å². The topological polar surface area (TPSA) is 110 Å². The molecule has 2 N–H and O–H groups in total. The summed E-state index contributed by atoms with van der Waals surface area (Å²) in [6.45, 7) is 4.32. The highest BCUT2D eigenvalue weighted by Gasteiger charge is 2.14. The van der Waals surface area contributed by atoms with Crippen molar-refractivity contribution in [3.8, 4) is 11.5 Å². The molecule has 0 saturated carbocycles. The summed E-state index contributed by atoms with van der Waals surface area (Å²) in [5, 5.41) is 9.32. The van der Waals surface area contributed by atoms with Gasteiger partial charge in [0, 0.05) is 25.5 Å². The molecular weight excluding hydrogens is 362 g/mol. The van der Waals surface area contributed by atoms with Crippen LogP contribution in [0.1, 0.15) is 45.1 Å². The third kappa shape index (κ3) is 6.86. The highest BCUT2D eigenvalue weighted by molar-refractivity contribution is 5.76. The number of nitrogens with zero attached hydrogens (tertiary/aromatic N) is 1. The van der Waals surface area contributed by atoms with E-state index in [4.69, 9.17) is 9.47 Å². The number of nitrogens with one attached hydrogen (secondary N) is 2. The minimum Gasteiger partial charge on any atom is -0.423 e. The molecule has 2 aromatic rings. The maximum absolute atomic E-state index is 11.9. The third-order valence-corrected chi connectivity index (χ3v) is 3.76. The normalized spacial score (nSPS) is 10.4. The van der Waals surface area contributed by atoms with Crippen molar-refractivity contribution in [2.75, 3.05) is 11.9 Å². The fourth-order valence-corrected chi connectivity index (χ4v) is 2.41. The smallest absolute Gasteiger partial charge is 0.311 e. The molecule has 1 heterocycles. The van der Waals surface area contributed by atoms with Crippen molar-refractivity contribution in [3.63, 3.8) is 0 Å². The molecule has 1 aromatic carbocycles. The predicted octanol–water partition coefficient (Wildman–Crippen LogP) is 2.84. The van der Waals surface area contributed by atoms with Crippen molar-refractivity contribution in [2.24, 2.45) is 0 Å². The van der Waals surface area contributed by atoms with Crippen LogP contribution in [-0.4, -0.2) is 28.7 Å². The van der Waals surface area contributed by atoms with Gasteiger partial charge in [-0.2, -0.15) is 5.10 Å². The summed E-state index contributed by atoms with van der Waals surface area (Å²) in [6, 6.07) is 8.13. The lowest BCUT2D eigenvalue weighted by Gasteiger charge is -2.12. The van der Waals surface area contributed by atoms with Crippen molar-refractivity contribution < 1.29 is 19.1 Å². The number of H-pyrrole nitrogens is 1. The number of aromatic nitrogens is 2. The lowest BCUT2D eigenvalue weighted by Crippen LogP contribution is -2.13. The van der Waals surface area contributed by atoms with E-state index < -0.39 is 0 Å². The first-order valence-electron chi connectivity index (χ1n) is 9.35. The first-order valence-corrected chi connectivity index (χ1v) is 9.35. The number of hydrogen-bond acceptors (Lipinski definition) is 7. The standard InChI is InChI=1S/C20H25N3O5/c1-3-5-19(25)27-15-8-7-14(13-16(15)28-20(26)6-4-2)11-12-21-17-9-10-18(24)23-22-17/h7-10,13H,3-6,11-12H2,1-2H3,(H,21,22)(H,23,24). The van der Waals surface area contributed by atoms with Gasteiger partial charge in [-0.15, -0.1) is 0 Å².